The van der Waals surface area contributed by atoms with Gasteiger partial charge >= 0.3 is 11.9 Å². The molecule has 0 aromatic rings. The molecule has 3 atom stereocenters. The normalized spacial score (nSPS) is 16.1. The summed E-state index contributed by atoms with van der Waals surface area (Å²) in [7, 11) is 1.69. The Hall–Kier alpha value is -2.20. The number of methoxy groups -OCH3 is 1. The van der Waals surface area contributed by atoms with Crippen LogP contribution in [0.15, 0.2) is 0 Å². The smallest absolute Gasteiger partial charge is 0.306 e. The molecule has 0 saturated carbocycles. The maximum atomic E-state index is 13.6. The summed E-state index contributed by atoms with van der Waals surface area (Å²) in [6.45, 7) is 13.7. The van der Waals surface area contributed by atoms with Gasteiger partial charge in [-0.1, -0.05) is 201 Å². The Labute approximate surface area is 406 Å². The van der Waals surface area contributed by atoms with Gasteiger partial charge in [0.2, 0.25) is 11.8 Å². The monoisotopic (exact) mass is 935 g/mol. The van der Waals surface area contributed by atoms with E-state index in [1.165, 1.54) is 154 Å². The van der Waals surface area contributed by atoms with Crippen LogP contribution >= 0.6 is 0 Å². The van der Waals surface area contributed by atoms with E-state index in [0.717, 1.165) is 44.9 Å². The molecule has 1 rings (SSSR count). The predicted molar refractivity (Wildman–Crippen MR) is 273 cm³/mol. The summed E-state index contributed by atoms with van der Waals surface area (Å²) in [5, 5.41) is 2.97. The van der Waals surface area contributed by atoms with Gasteiger partial charge in [0, 0.05) is 45.8 Å². The minimum atomic E-state index is -0.538. The fourth-order valence-electron chi connectivity index (χ4n) is 8.87. The number of unbranched alkanes of at least 4 members (excludes halogenated alkanes) is 28. The molecule has 66 heavy (non-hydrogen) atoms. The Kier molecular flexibility index (Phi) is 38.1. The Balaban J connectivity index is 2.50. The molecule has 1 aliphatic rings. The Morgan fingerprint density at radius 3 is 1.41 bits per heavy atom. The average Bonchev–Trinajstić information content (AvgIpc) is 3.71. The summed E-state index contributed by atoms with van der Waals surface area (Å²) in [6.07, 6.45) is 40.2. The maximum Gasteiger partial charge on any atom is 0.306 e. The van der Waals surface area contributed by atoms with Gasteiger partial charge in [0.15, 0.2) is 0 Å². The zero-order chi connectivity index (χ0) is 48.6. The van der Waals surface area contributed by atoms with E-state index in [0.29, 0.717) is 38.8 Å². The predicted octanol–water partition coefficient (Wildman–Crippen LogP) is 14.5. The molecule has 0 aromatic carbocycles. The highest BCUT2D eigenvalue weighted by Crippen LogP contribution is 2.25. The van der Waals surface area contributed by atoms with Gasteiger partial charge in [0.05, 0.1) is 30.4 Å². The van der Waals surface area contributed by atoms with E-state index in [2.05, 4.69) is 19.2 Å². The average molecular weight is 935 g/mol. The number of amides is 2. The van der Waals surface area contributed by atoms with Crippen LogP contribution in [0.4, 0.5) is 0 Å². The van der Waals surface area contributed by atoms with Crippen molar-refractivity contribution < 1.29 is 38.1 Å². The van der Waals surface area contributed by atoms with E-state index in [1.807, 2.05) is 27.7 Å². The molecule has 0 bridgehead atoms. The molecule has 10 nitrogen and oxygen atoms in total. The third-order valence-corrected chi connectivity index (χ3v) is 14.1. The van der Waals surface area contributed by atoms with Crippen LogP contribution < -0.4 is 5.32 Å². The topological polar surface area (TPSA) is 120 Å². The van der Waals surface area contributed by atoms with Gasteiger partial charge in [-0.3, -0.25) is 19.2 Å². The van der Waals surface area contributed by atoms with Gasteiger partial charge in [-0.15, -0.1) is 0 Å². The van der Waals surface area contributed by atoms with E-state index in [1.54, 1.807) is 12.0 Å². The molecule has 1 N–H and O–H groups in total. The summed E-state index contributed by atoms with van der Waals surface area (Å²) < 4.78 is 23.3. The molecule has 388 valence electrons. The van der Waals surface area contributed by atoms with E-state index in [-0.39, 0.29) is 55.3 Å². The van der Waals surface area contributed by atoms with Gasteiger partial charge in [-0.05, 0) is 46.5 Å². The molecule has 1 aliphatic heterocycles. The van der Waals surface area contributed by atoms with Gasteiger partial charge < -0.3 is 29.2 Å². The number of carbonyl (C=O) groups excluding carboxylic acids is 4. The van der Waals surface area contributed by atoms with Gasteiger partial charge in [0.1, 0.15) is 12.7 Å². The number of esters is 2. The number of nitrogens with one attached hydrogen (secondary N) is 1. The number of nitrogens with zero attached hydrogens (tertiary/aromatic N) is 1. The molecule has 1 saturated heterocycles. The van der Waals surface area contributed by atoms with Crippen LogP contribution in [0.5, 0.6) is 0 Å². The fourth-order valence-corrected chi connectivity index (χ4v) is 8.87. The number of rotatable bonds is 46. The minimum absolute atomic E-state index is 0.0148. The number of hydrogen-bond acceptors (Lipinski definition) is 8. The van der Waals surface area contributed by atoms with E-state index in [9.17, 15) is 19.2 Å². The van der Waals surface area contributed by atoms with Crippen LogP contribution in [-0.4, -0.2) is 85.4 Å². The highest BCUT2D eigenvalue weighted by molar-refractivity contribution is 5.84. The summed E-state index contributed by atoms with van der Waals surface area (Å²) in [5.41, 5.74) is -0.832. The van der Waals surface area contributed by atoms with Crippen molar-refractivity contribution in [2.45, 2.75) is 302 Å². The second kappa shape index (κ2) is 40.7. The lowest BCUT2D eigenvalue weighted by Gasteiger charge is -2.31. The van der Waals surface area contributed by atoms with Gasteiger partial charge in [-0.2, -0.15) is 0 Å². The molecule has 0 spiro atoms. The lowest BCUT2D eigenvalue weighted by Crippen LogP contribution is -2.44. The van der Waals surface area contributed by atoms with E-state index < -0.39 is 17.7 Å². The fraction of sp³-hybridized carbons (Fsp3) is 0.929. The van der Waals surface area contributed by atoms with Crippen molar-refractivity contribution in [3.8, 4) is 0 Å². The SMILES string of the molecule is CCCCCCCCCCCCCCCCCC(=O)OC[C@@H]1C[C@@H](OC(=O)CCCCCCCCCCCCCCCCC)CN1C(=O)CCC(=O)NCC(C)(CC)OCCC(C)(C)OC. The summed E-state index contributed by atoms with van der Waals surface area (Å²) in [5.74, 6) is -0.914. The minimum Gasteiger partial charge on any atom is -0.463 e. The Bertz CT molecular complexity index is 1210. The highest BCUT2D eigenvalue weighted by atomic mass is 16.5. The van der Waals surface area contributed by atoms with E-state index in [4.69, 9.17) is 18.9 Å². The molecule has 10 heteroatoms. The zero-order valence-corrected chi connectivity index (χ0v) is 44.4. The highest BCUT2D eigenvalue weighted by Gasteiger charge is 2.38. The van der Waals surface area contributed by atoms with Crippen LogP contribution in [0.3, 0.4) is 0 Å². The van der Waals surface area contributed by atoms with Crippen molar-refractivity contribution in [3.63, 3.8) is 0 Å². The maximum absolute atomic E-state index is 13.6. The molecule has 1 fully saturated rings. The van der Waals surface area contributed by atoms with Crippen LogP contribution in [0.25, 0.3) is 0 Å². The first-order valence-electron chi connectivity index (χ1n) is 28.0. The first-order chi connectivity index (χ1) is 31.9. The molecular weight excluding hydrogens is 829 g/mol. The van der Waals surface area contributed by atoms with Crippen molar-refractivity contribution in [1.29, 1.82) is 0 Å². The lowest BCUT2D eigenvalue weighted by molar-refractivity contribution is -0.149. The third-order valence-electron chi connectivity index (χ3n) is 14.1. The van der Waals surface area contributed by atoms with Crippen molar-refractivity contribution in [3.05, 3.63) is 0 Å². The molecule has 2 amide bonds. The quantitative estimate of drug-likeness (QED) is 0.0473. The zero-order valence-electron chi connectivity index (χ0n) is 44.4. The number of hydrogen-bond donors (Lipinski definition) is 1. The van der Waals surface area contributed by atoms with Gasteiger partial charge in [-0.25, -0.2) is 0 Å². The lowest BCUT2D eigenvalue weighted by atomic mass is 10.0. The molecule has 0 radical (unpaired) electrons. The molecule has 1 heterocycles. The van der Waals surface area contributed by atoms with Crippen LogP contribution in [0, 0.1) is 0 Å². The Morgan fingerprint density at radius 1 is 0.561 bits per heavy atom. The van der Waals surface area contributed by atoms with Crippen LogP contribution in [0.2, 0.25) is 0 Å². The third kappa shape index (κ3) is 34.1. The first kappa shape index (κ1) is 61.8. The second-order valence-electron chi connectivity index (χ2n) is 20.8. The molecule has 1 unspecified atom stereocenters. The second-order valence-corrected chi connectivity index (χ2v) is 20.8. The number of carbonyl (C=O) groups is 4. The number of ether oxygens (including phenoxy) is 4. The summed E-state index contributed by atoms with van der Waals surface area (Å²) >= 11 is 0. The molecule has 0 aromatic heterocycles. The van der Waals surface area contributed by atoms with Crippen molar-refractivity contribution in [1.82, 2.24) is 10.2 Å². The largest absolute Gasteiger partial charge is 0.463 e. The van der Waals surface area contributed by atoms with Crippen molar-refractivity contribution in [2.24, 2.45) is 0 Å². The summed E-state index contributed by atoms with van der Waals surface area (Å²) in [6, 6.07) is -0.401. The first-order valence-corrected chi connectivity index (χ1v) is 28.0. The standard InChI is InChI=1S/C56H106N2O8/c1-8-11-13-15-17-19-21-23-25-27-29-31-33-35-37-39-53(61)64-47-49-45-50(66-54(62)40-38-36-34-32-30-28-26-24-22-20-18-16-14-12-9-2)46-58(49)52(60)42-41-51(59)57-48-56(6,10-3)65-44-43-55(4,5)63-7/h49-50H,8-48H2,1-7H3,(H,57,59)/t49-,50+,56?/m0/s1. The Morgan fingerprint density at radius 2 is 0.985 bits per heavy atom. The van der Waals surface area contributed by atoms with Gasteiger partial charge in [0.25, 0.3) is 0 Å². The molecule has 0 aliphatic carbocycles. The van der Waals surface area contributed by atoms with Crippen LogP contribution in [0.1, 0.15) is 279 Å². The summed E-state index contributed by atoms with van der Waals surface area (Å²) in [4.78, 5) is 54.1. The van der Waals surface area contributed by atoms with Crippen molar-refractivity contribution in [2.75, 3.05) is 33.4 Å². The van der Waals surface area contributed by atoms with Crippen LogP contribution in [-0.2, 0) is 38.1 Å². The van der Waals surface area contributed by atoms with E-state index >= 15 is 0 Å². The molecular formula is C56H106N2O8. The van der Waals surface area contributed by atoms with Crippen molar-refractivity contribution >= 4 is 23.8 Å². The number of likely N-dealkylation sites (tertiary alicyclic amines) is 1.